The predicted molar refractivity (Wildman–Crippen MR) is 108 cm³/mol. The normalized spacial score (nSPS) is 20.7. The van der Waals surface area contributed by atoms with Crippen molar-refractivity contribution >= 4 is 16.6 Å². The van der Waals surface area contributed by atoms with Crippen molar-refractivity contribution in [3.63, 3.8) is 0 Å². The smallest absolute Gasteiger partial charge is 0.212 e. The van der Waals surface area contributed by atoms with E-state index in [-0.39, 0.29) is 5.56 Å². The number of pyridine rings is 1. The number of rotatable bonds is 4. The minimum Gasteiger partial charge on any atom is -0.367 e. The van der Waals surface area contributed by atoms with Crippen LogP contribution in [0.3, 0.4) is 0 Å². The number of fused-ring (bicyclic) bond motifs is 2. The molecule has 0 radical (unpaired) electrons. The number of hydrogen-bond donors (Lipinski definition) is 4. The second-order valence-corrected chi connectivity index (χ2v) is 6.71. The molecule has 3 aromatic rings. The van der Waals surface area contributed by atoms with Gasteiger partial charge in [0.2, 0.25) is 5.79 Å². The van der Waals surface area contributed by atoms with E-state index in [9.17, 15) is 9.50 Å². The summed E-state index contributed by atoms with van der Waals surface area (Å²) in [6.45, 7) is 0. The lowest BCUT2D eigenvalue weighted by Gasteiger charge is -2.47. The van der Waals surface area contributed by atoms with Crippen molar-refractivity contribution in [2.45, 2.75) is 11.5 Å². The molecule has 1 aromatic heterocycles. The quantitative estimate of drug-likeness (QED) is 0.519. The standard InChI is InChI=1S/C21H22FN5O/c1-23-20(28)18-15(8-6-9-16(18)22)19(27-21(20,24-2)25-3)14-11-13-7-4-5-10-17(13)26-12-14/h4-12,23-25,28H,1-3H3. The summed E-state index contributed by atoms with van der Waals surface area (Å²) in [5.74, 6) is -1.91. The maximum Gasteiger partial charge on any atom is 0.212 e. The van der Waals surface area contributed by atoms with Crippen LogP contribution < -0.4 is 16.0 Å². The molecule has 0 bridgehead atoms. The molecule has 0 amide bonds. The van der Waals surface area contributed by atoms with Crippen LogP contribution in [0.1, 0.15) is 16.7 Å². The Balaban J connectivity index is 2.04. The molecular formula is C21H22FN5O. The molecule has 144 valence electrons. The third-order valence-electron chi connectivity index (χ3n) is 5.38. The van der Waals surface area contributed by atoms with E-state index < -0.39 is 17.3 Å². The fraction of sp³-hybridized carbons (Fsp3) is 0.238. The third-order valence-corrected chi connectivity index (χ3v) is 5.38. The average molecular weight is 379 g/mol. The van der Waals surface area contributed by atoms with Gasteiger partial charge in [-0.25, -0.2) is 9.38 Å². The number of hydrogen-bond acceptors (Lipinski definition) is 6. The van der Waals surface area contributed by atoms with Gasteiger partial charge in [-0.15, -0.1) is 0 Å². The fourth-order valence-corrected chi connectivity index (χ4v) is 3.90. The number of benzene rings is 2. The van der Waals surface area contributed by atoms with Crippen molar-refractivity contribution < 1.29 is 9.50 Å². The van der Waals surface area contributed by atoms with E-state index in [0.717, 1.165) is 16.5 Å². The first-order valence-corrected chi connectivity index (χ1v) is 9.03. The summed E-state index contributed by atoms with van der Waals surface area (Å²) in [6, 6.07) is 14.4. The number of likely N-dealkylation sites (N-methyl/N-ethyl adjacent to an activating group) is 3. The Morgan fingerprint density at radius 3 is 2.43 bits per heavy atom. The van der Waals surface area contributed by atoms with E-state index in [4.69, 9.17) is 4.99 Å². The molecule has 2 aromatic carbocycles. The summed E-state index contributed by atoms with van der Waals surface area (Å²) >= 11 is 0. The Hall–Kier alpha value is -2.71. The van der Waals surface area contributed by atoms with Crippen LogP contribution >= 0.6 is 0 Å². The zero-order chi connectivity index (χ0) is 19.9. The lowest BCUT2D eigenvalue weighted by molar-refractivity contribution is -0.0937. The van der Waals surface area contributed by atoms with Gasteiger partial charge < -0.3 is 5.11 Å². The average Bonchev–Trinajstić information content (AvgIpc) is 2.74. The van der Waals surface area contributed by atoms with Gasteiger partial charge in [0.25, 0.3) is 0 Å². The van der Waals surface area contributed by atoms with E-state index in [2.05, 4.69) is 20.9 Å². The summed E-state index contributed by atoms with van der Waals surface area (Å²) in [5, 5.41) is 21.3. The molecule has 1 aliphatic rings. The number of aliphatic hydroxyl groups is 1. The summed E-state index contributed by atoms with van der Waals surface area (Å²) in [4.78, 5) is 9.32. The molecule has 0 fully saturated rings. The lowest BCUT2D eigenvalue weighted by Crippen LogP contribution is -2.73. The Morgan fingerprint density at radius 1 is 0.964 bits per heavy atom. The summed E-state index contributed by atoms with van der Waals surface area (Å²) in [5.41, 5.74) is 0.956. The van der Waals surface area contributed by atoms with Crippen LogP contribution in [0, 0.1) is 5.82 Å². The first kappa shape index (κ1) is 18.6. The topological polar surface area (TPSA) is 81.6 Å². The molecule has 28 heavy (non-hydrogen) atoms. The second-order valence-electron chi connectivity index (χ2n) is 6.71. The van der Waals surface area contributed by atoms with Gasteiger partial charge in [0.1, 0.15) is 5.82 Å². The highest BCUT2D eigenvalue weighted by molar-refractivity contribution is 6.15. The van der Waals surface area contributed by atoms with Crippen molar-refractivity contribution in [2.24, 2.45) is 4.99 Å². The Labute approximate surface area is 162 Å². The molecule has 2 heterocycles. The first-order valence-electron chi connectivity index (χ1n) is 9.03. The van der Waals surface area contributed by atoms with Crippen molar-refractivity contribution in [3.8, 4) is 0 Å². The molecule has 1 aliphatic heterocycles. The van der Waals surface area contributed by atoms with E-state index >= 15 is 0 Å². The van der Waals surface area contributed by atoms with Crippen molar-refractivity contribution in [1.29, 1.82) is 0 Å². The van der Waals surface area contributed by atoms with Crippen molar-refractivity contribution in [3.05, 3.63) is 77.2 Å². The Kier molecular flexibility index (Phi) is 4.47. The van der Waals surface area contributed by atoms with Gasteiger partial charge in [-0.05, 0) is 39.3 Å². The number of aromatic nitrogens is 1. The molecule has 7 heteroatoms. The maximum absolute atomic E-state index is 15.0. The first-order chi connectivity index (χ1) is 13.5. The van der Waals surface area contributed by atoms with Crippen LogP contribution in [0.4, 0.5) is 4.39 Å². The van der Waals surface area contributed by atoms with Crippen molar-refractivity contribution in [1.82, 2.24) is 20.9 Å². The molecule has 0 saturated heterocycles. The van der Waals surface area contributed by atoms with Gasteiger partial charge in [0.05, 0.1) is 11.2 Å². The van der Waals surface area contributed by atoms with Crippen molar-refractivity contribution in [2.75, 3.05) is 21.1 Å². The molecule has 4 N–H and O–H groups in total. The Bertz CT molecular complexity index is 1080. The minimum atomic E-state index is -1.81. The summed E-state index contributed by atoms with van der Waals surface area (Å²) in [7, 11) is 4.88. The van der Waals surface area contributed by atoms with Gasteiger partial charge in [-0.3, -0.25) is 20.9 Å². The van der Waals surface area contributed by atoms with E-state index in [1.54, 1.807) is 39.5 Å². The van der Waals surface area contributed by atoms with Crippen LogP contribution in [-0.2, 0) is 5.72 Å². The number of halogens is 1. The van der Waals surface area contributed by atoms with Crippen LogP contribution in [0.2, 0.25) is 0 Å². The van der Waals surface area contributed by atoms with Gasteiger partial charge in [0, 0.05) is 28.3 Å². The predicted octanol–water partition coefficient (Wildman–Crippen LogP) is 1.68. The van der Waals surface area contributed by atoms with E-state index in [0.29, 0.717) is 11.3 Å². The maximum atomic E-state index is 15.0. The number of para-hydroxylation sites is 1. The van der Waals surface area contributed by atoms with Crippen LogP contribution in [0.25, 0.3) is 10.9 Å². The minimum absolute atomic E-state index is 0.124. The highest BCUT2D eigenvalue weighted by Gasteiger charge is 2.55. The van der Waals surface area contributed by atoms with Gasteiger partial charge in [-0.1, -0.05) is 30.3 Å². The van der Waals surface area contributed by atoms with Gasteiger partial charge >= 0.3 is 0 Å². The molecule has 6 nitrogen and oxygen atoms in total. The highest BCUT2D eigenvalue weighted by Crippen LogP contribution is 2.39. The SMILES string of the molecule is CNC1(NC)N=C(c2cnc3ccccc3c2)c2cccc(F)c2C1(O)NC. The van der Waals surface area contributed by atoms with Crippen LogP contribution in [-0.4, -0.2) is 42.7 Å². The molecule has 1 atom stereocenters. The molecule has 4 rings (SSSR count). The van der Waals surface area contributed by atoms with Crippen LogP contribution in [0.5, 0.6) is 0 Å². The fourth-order valence-electron chi connectivity index (χ4n) is 3.90. The van der Waals surface area contributed by atoms with E-state index in [1.165, 1.54) is 6.07 Å². The lowest BCUT2D eigenvalue weighted by atomic mass is 9.83. The third kappa shape index (κ3) is 2.48. The van der Waals surface area contributed by atoms with Gasteiger partial charge in [-0.2, -0.15) is 0 Å². The van der Waals surface area contributed by atoms with Crippen LogP contribution in [0.15, 0.2) is 59.7 Å². The molecule has 0 aliphatic carbocycles. The summed E-state index contributed by atoms with van der Waals surface area (Å²) in [6.07, 6.45) is 1.72. The zero-order valence-corrected chi connectivity index (χ0v) is 15.9. The number of nitrogens with zero attached hydrogens (tertiary/aromatic N) is 2. The second kappa shape index (κ2) is 6.72. The highest BCUT2D eigenvalue weighted by atomic mass is 19.1. The largest absolute Gasteiger partial charge is 0.367 e. The zero-order valence-electron chi connectivity index (χ0n) is 15.9. The van der Waals surface area contributed by atoms with Gasteiger partial charge in [0.15, 0.2) is 5.72 Å². The number of aliphatic imine (C=N–C) groups is 1. The molecule has 0 spiro atoms. The summed E-state index contributed by atoms with van der Waals surface area (Å²) < 4.78 is 15.0. The molecule has 0 saturated carbocycles. The Morgan fingerprint density at radius 2 is 1.71 bits per heavy atom. The monoisotopic (exact) mass is 379 g/mol. The van der Waals surface area contributed by atoms with E-state index in [1.807, 2.05) is 30.3 Å². The molecular weight excluding hydrogens is 357 g/mol. The number of nitrogens with one attached hydrogen (secondary N) is 3. The molecule has 1 unspecified atom stereocenters.